The van der Waals surface area contributed by atoms with Crippen LogP contribution < -0.4 is 9.61 Å². The lowest BCUT2D eigenvalue weighted by atomic mass is 10.2. The molecule has 1 unspecified atom stereocenters. The molecule has 156 valence electrons. The van der Waals surface area contributed by atoms with Gasteiger partial charge in [-0.3, -0.25) is 9.36 Å². The van der Waals surface area contributed by atoms with Crippen LogP contribution in [0.25, 0.3) is 0 Å². The second kappa shape index (κ2) is 11.6. The molecule has 6 nitrogen and oxygen atoms in total. The summed E-state index contributed by atoms with van der Waals surface area (Å²) in [7, 11) is -3.39. The van der Waals surface area contributed by atoms with Crippen molar-refractivity contribution in [3.8, 4) is 5.75 Å². The fraction of sp³-hybridized carbons (Fsp3) is 0.318. The SMILES string of the molecule is C/C(=C\CCP(=O)(N[C@@H](C)C(=O)OCc1ccccc1)Oc1ccccc1)CO. The van der Waals surface area contributed by atoms with Crippen LogP contribution in [0.1, 0.15) is 25.8 Å². The molecule has 7 heteroatoms. The molecule has 29 heavy (non-hydrogen) atoms. The third-order valence-corrected chi connectivity index (χ3v) is 6.26. The molecule has 0 aliphatic carbocycles. The Hall–Kier alpha value is -2.40. The minimum Gasteiger partial charge on any atom is -0.460 e. The van der Waals surface area contributed by atoms with Crippen molar-refractivity contribution < 1.29 is 23.7 Å². The molecule has 2 atom stereocenters. The molecule has 2 aromatic rings. The maximum atomic E-state index is 13.4. The Balaban J connectivity index is 2.02. The summed E-state index contributed by atoms with van der Waals surface area (Å²) in [4.78, 5) is 12.4. The van der Waals surface area contributed by atoms with E-state index in [1.165, 1.54) is 0 Å². The van der Waals surface area contributed by atoms with E-state index in [4.69, 9.17) is 14.4 Å². The minimum atomic E-state index is -3.39. The van der Waals surface area contributed by atoms with E-state index >= 15 is 0 Å². The van der Waals surface area contributed by atoms with Gasteiger partial charge in [0.1, 0.15) is 18.4 Å². The lowest BCUT2D eigenvalue weighted by molar-refractivity contribution is -0.146. The number of ether oxygens (including phenoxy) is 1. The van der Waals surface area contributed by atoms with Gasteiger partial charge in [0.25, 0.3) is 0 Å². The topological polar surface area (TPSA) is 84.9 Å². The number of carbonyl (C=O) groups is 1. The first-order chi connectivity index (χ1) is 13.9. The number of hydrogen-bond acceptors (Lipinski definition) is 5. The van der Waals surface area contributed by atoms with E-state index in [1.54, 1.807) is 44.2 Å². The molecule has 0 fully saturated rings. The molecule has 0 aliphatic heterocycles. The molecule has 0 amide bonds. The van der Waals surface area contributed by atoms with Gasteiger partial charge in [0, 0.05) is 0 Å². The van der Waals surface area contributed by atoms with Crippen LogP contribution in [-0.2, 0) is 20.7 Å². The summed E-state index contributed by atoms with van der Waals surface area (Å²) in [5.74, 6) is -0.0520. The van der Waals surface area contributed by atoms with Gasteiger partial charge in [-0.15, -0.1) is 0 Å². The molecular weight excluding hydrogens is 389 g/mol. The highest BCUT2D eigenvalue weighted by molar-refractivity contribution is 7.57. The molecule has 0 saturated carbocycles. The molecule has 0 bridgehead atoms. The third-order valence-electron chi connectivity index (χ3n) is 4.13. The van der Waals surface area contributed by atoms with Gasteiger partial charge in [-0.25, -0.2) is 5.09 Å². The van der Waals surface area contributed by atoms with Crippen LogP contribution in [0, 0.1) is 0 Å². The zero-order chi connectivity index (χ0) is 21.1. The average Bonchev–Trinajstić information content (AvgIpc) is 2.73. The number of allylic oxidation sites excluding steroid dienone is 1. The van der Waals surface area contributed by atoms with Crippen LogP contribution in [0.15, 0.2) is 72.3 Å². The number of aliphatic hydroxyl groups is 1. The van der Waals surface area contributed by atoms with Gasteiger partial charge in [-0.1, -0.05) is 60.2 Å². The number of hydrogen-bond donors (Lipinski definition) is 2. The first-order valence-electron chi connectivity index (χ1n) is 9.50. The standard InChI is InChI=1S/C22H28NO5P/c1-18(16-24)10-9-15-29(26,28-21-13-7-4-8-14-21)23-19(2)22(25)27-17-20-11-5-3-6-12-20/h3-8,10-14,19,24H,9,15-17H2,1-2H3,(H,23,26)/b18-10+/t19-,29?/m0/s1. The number of esters is 1. The van der Waals surface area contributed by atoms with Crippen molar-refractivity contribution in [2.75, 3.05) is 12.8 Å². The summed E-state index contributed by atoms with van der Waals surface area (Å²) >= 11 is 0. The Morgan fingerprint density at radius 2 is 1.76 bits per heavy atom. The smallest absolute Gasteiger partial charge is 0.323 e. The summed E-state index contributed by atoms with van der Waals surface area (Å²) in [6.07, 6.45) is 2.42. The molecular formula is C22H28NO5P. The van der Waals surface area contributed by atoms with Crippen LogP contribution in [0.3, 0.4) is 0 Å². The molecule has 0 saturated heterocycles. The largest absolute Gasteiger partial charge is 0.460 e. The molecule has 0 heterocycles. The second-order valence-electron chi connectivity index (χ2n) is 6.74. The van der Waals surface area contributed by atoms with E-state index in [0.717, 1.165) is 11.1 Å². The van der Waals surface area contributed by atoms with Crippen LogP contribution in [0.5, 0.6) is 5.75 Å². The number of nitrogens with one attached hydrogen (secondary N) is 1. The summed E-state index contributed by atoms with van der Waals surface area (Å²) < 4.78 is 24.5. The second-order valence-corrected chi connectivity index (χ2v) is 8.98. The number of rotatable bonds is 11. The summed E-state index contributed by atoms with van der Waals surface area (Å²) in [5, 5.41) is 12.0. The van der Waals surface area contributed by atoms with E-state index in [0.29, 0.717) is 12.2 Å². The Labute approximate surface area is 172 Å². The Kier molecular flexibility index (Phi) is 9.13. The molecule has 2 rings (SSSR count). The molecule has 2 aromatic carbocycles. The van der Waals surface area contributed by atoms with Crippen molar-refractivity contribution in [1.29, 1.82) is 0 Å². The van der Waals surface area contributed by atoms with E-state index in [1.807, 2.05) is 36.4 Å². The number of carbonyl (C=O) groups excluding carboxylic acids is 1. The summed E-state index contributed by atoms with van der Waals surface area (Å²) in [5.41, 5.74) is 1.66. The van der Waals surface area contributed by atoms with Gasteiger partial charge in [0.05, 0.1) is 12.8 Å². The summed E-state index contributed by atoms with van der Waals surface area (Å²) in [6, 6.07) is 17.4. The van der Waals surface area contributed by atoms with Crippen molar-refractivity contribution in [1.82, 2.24) is 5.09 Å². The van der Waals surface area contributed by atoms with Gasteiger partial charge in [-0.05, 0) is 38.0 Å². The number of aliphatic hydroxyl groups excluding tert-OH is 1. The number of benzene rings is 2. The maximum absolute atomic E-state index is 13.4. The van der Waals surface area contributed by atoms with E-state index < -0.39 is 19.5 Å². The fourth-order valence-electron chi connectivity index (χ4n) is 2.54. The maximum Gasteiger partial charge on any atom is 0.323 e. The van der Waals surface area contributed by atoms with Crippen molar-refractivity contribution >= 4 is 13.5 Å². The van der Waals surface area contributed by atoms with Crippen LogP contribution in [0.4, 0.5) is 0 Å². The van der Waals surface area contributed by atoms with Gasteiger partial charge in [-0.2, -0.15) is 0 Å². The highest BCUT2D eigenvalue weighted by atomic mass is 31.2. The van der Waals surface area contributed by atoms with Crippen LogP contribution in [-0.4, -0.2) is 29.9 Å². The first-order valence-corrected chi connectivity index (χ1v) is 11.3. The predicted molar refractivity (Wildman–Crippen MR) is 114 cm³/mol. The highest BCUT2D eigenvalue weighted by Crippen LogP contribution is 2.44. The fourth-order valence-corrected chi connectivity index (χ4v) is 4.43. The zero-order valence-electron chi connectivity index (χ0n) is 16.8. The molecule has 0 spiro atoms. The van der Waals surface area contributed by atoms with Crippen molar-refractivity contribution in [2.24, 2.45) is 0 Å². The van der Waals surface area contributed by atoms with Crippen molar-refractivity contribution in [3.63, 3.8) is 0 Å². The van der Waals surface area contributed by atoms with Gasteiger partial charge in [0.15, 0.2) is 0 Å². The monoisotopic (exact) mass is 417 g/mol. The lowest BCUT2D eigenvalue weighted by Crippen LogP contribution is -2.35. The third kappa shape index (κ3) is 8.24. The van der Waals surface area contributed by atoms with Crippen molar-refractivity contribution in [3.05, 3.63) is 77.9 Å². The first kappa shape index (κ1) is 22.9. The lowest BCUT2D eigenvalue weighted by Gasteiger charge is -2.23. The van der Waals surface area contributed by atoms with E-state index in [9.17, 15) is 9.36 Å². The Morgan fingerprint density at radius 1 is 1.14 bits per heavy atom. The van der Waals surface area contributed by atoms with Crippen molar-refractivity contribution in [2.45, 2.75) is 32.9 Å². The zero-order valence-corrected chi connectivity index (χ0v) is 17.7. The minimum absolute atomic E-state index is 0.0561. The van der Waals surface area contributed by atoms with Gasteiger partial charge in [0.2, 0.25) is 0 Å². The van der Waals surface area contributed by atoms with E-state index in [2.05, 4.69) is 5.09 Å². The van der Waals surface area contributed by atoms with Crippen LogP contribution in [0.2, 0.25) is 0 Å². The Bertz CT molecular complexity index is 839. The Morgan fingerprint density at radius 3 is 2.38 bits per heavy atom. The average molecular weight is 417 g/mol. The molecule has 0 radical (unpaired) electrons. The summed E-state index contributed by atoms with van der Waals surface area (Å²) in [6.45, 7) is 3.48. The van der Waals surface area contributed by atoms with Crippen LogP contribution >= 0.6 is 7.52 Å². The molecule has 0 aliphatic rings. The highest BCUT2D eigenvalue weighted by Gasteiger charge is 2.29. The molecule has 2 N–H and O–H groups in total. The quantitative estimate of drug-likeness (QED) is 0.322. The number of para-hydroxylation sites is 1. The van der Waals surface area contributed by atoms with Gasteiger partial charge < -0.3 is 14.4 Å². The molecule has 0 aromatic heterocycles. The normalized spacial score (nSPS) is 14.7. The van der Waals surface area contributed by atoms with Gasteiger partial charge >= 0.3 is 13.5 Å². The van der Waals surface area contributed by atoms with E-state index in [-0.39, 0.29) is 19.4 Å². The predicted octanol–water partition coefficient (Wildman–Crippen LogP) is 4.31.